The van der Waals surface area contributed by atoms with Crippen LogP contribution in [0, 0.1) is 22.7 Å². The maximum absolute atomic E-state index is 7.70. The number of hydrogen-bond acceptors (Lipinski definition) is 4. The second-order valence-electron chi connectivity index (χ2n) is 7.32. The van der Waals surface area contributed by atoms with Crippen LogP contribution in [0.4, 0.5) is 5.69 Å². The number of nitrogens with one attached hydrogen (secondary N) is 3. The van der Waals surface area contributed by atoms with E-state index < -0.39 is 0 Å². The van der Waals surface area contributed by atoms with Crippen molar-refractivity contribution in [1.82, 2.24) is 9.97 Å². The number of H-pyrrole nitrogens is 1. The average Bonchev–Trinajstić information content (AvgIpc) is 3.35. The van der Waals surface area contributed by atoms with E-state index in [1.807, 2.05) is 12.4 Å². The van der Waals surface area contributed by atoms with Gasteiger partial charge in [0.2, 0.25) is 0 Å². The molecular weight excluding hydrogens is 310 g/mol. The largest absolute Gasteiger partial charge is 0.371 e. The number of anilines is 1. The number of aromatic amines is 1. The Balaban J connectivity index is 1.71. The van der Waals surface area contributed by atoms with Crippen LogP contribution in [0.15, 0.2) is 24.5 Å². The van der Waals surface area contributed by atoms with E-state index in [9.17, 15) is 0 Å². The molecule has 0 aromatic carbocycles. The first-order valence-electron chi connectivity index (χ1n) is 9.22. The Kier molecular flexibility index (Phi) is 4.38. The van der Waals surface area contributed by atoms with Crippen molar-refractivity contribution >= 4 is 34.7 Å². The quantitative estimate of drug-likeness (QED) is 0.690. The topological polar surface area (TPSA) is 79.6 Å². The lowest BCUT2D eigenvalue weighted by molar-refractivity contribution is 0.375. The fraction of sp³-hybridized carbons (Fsp3) is 0.450. The minimum Gasteiger partial charge on any atom is -0.371 e. The first-order valence-corrected chi connectivity index (χ1v) is 9.22. The molecule has 2 aromatic heterocycles. The van der Waals surface area contributed by atoms with Crippen LogP contribution in [-0.2, 0) is 0 Å². The van der Waals surface area contributed by atoms with E-state index >= 15 is 0 Å². The van der Waals surface area contributed by atoms with Gasteiger partial charge in [-0.15, -0.1) is 0 Å². The van der Waals surface area contributed by atoms with Crippen molar-refractivity contribution in [2.75, 3.05) is 18.0 Å². The minimum absolute atomic E-state index is 0.738. The number of hydrogen-bond donors (Lipinski definition) is 3. The number of aromatic nitrogens is 2. The van der Waals surface area contributed by atoms with E-state index in [0.29, 0.717) is 0 Å². The lowest BCUT2D eigenvalue weighted by Gasteiger charge is -2.35. The Morgan fingerprint density at radius 1 is 1.28 bits per heavy atom. The van der Waals surface area contributed by atoms with Crippen molar-refractivity contribution in [3.63, 3.8) is 0 Å². The fourth-order valence-electron chi connectivity index (χ4n) is 4.14. The summed E-state index contributed by atoms with van der Waals surface area (Å²) in [5.74, 6) is 1.77. The van der Waals surface area contributed by atoms with Crippen LogP contribution in [0.3, 0.4) is 0 Å². The van der Waals surface area contributed by atoms with Crippen molar-refractivity contribution in [2.24, 2.45) is 11.8 Å². The molecule has 1 saturated carbocycles. The average molecular weight is 335 g/mol. The second-order valence-corrected chi connectivity index (χ2v) is 7.32. The smallest absolute Gasteiger partial charge is 0.139 e. The maximum Gasteiger partial charge on any atom is 0.139 e. The number of nitrogens with zero attached hydrogens (tertiary/aromatic N) is 2. The van der Waals surface area contributed by atoms with Gasteiger partial charge < -0.3 is 20.7 Å². The molecule has 1 atom stereocenters. The van der Waals surface area contributed by atoms with Gasteiger partial charge in [0.15, 0.2) is 0 Å². The zero-order chi connectivity index (χ0) is 17.2. The van der Waals surface area contributed by atoms with Crippen LogP contribution < -0.4 is 4.90 Å². The summed E-state index contributed by atoms with van der Waals surface area (Å²) >= 11 is 0. The van der Waals surface area contributed by atoms with Crippen LogP contribution in [0.2, 0.25) is 0 Å². The van der Waals surface area contributed by atoms with Gasteiger partial charge in [0.25, 0.3) is 0 Å². The summed E-state index contributed by atoms with van der Waals surface area (Å²) in [5, 5.41) is 16.1. The summed E-state index contributed by atoms with van der Waals surface area (Å²) in [6, 6.07) is 2.10. The molecule has 25 heavy (non-hydrogen) atoms. The van der Waals surface area contributed by atoms with E-state index in [-0.39, 0.29) is 0 Å². The van der Waals surface area contributed by atoms with E-state index in [4.69, 9.17) is 10.8 Å². The third kappa shape index (κ3) is 3.23. The lowest BCUT2D eigenvalue weighted by atomic mass is 9.92. The molecule has 1 saturated heterocycles. The Bertz CT molecular complexity index is 815. The third-order valence-electron chi connectivity index (χ3n) is 5.50. The van der Waals surface area contributed by atoms with E-state index in [0.717, 1.165) is 47.1 Å². The highest BCUT2D eigenvalue weighted by Crippen LogP contribution is 2.39. The summed E-state index contributed by atoms with van der Waals surface area (Å²) in [6.45, 7) is 2.20. The molecule has 0 radical (unpaired) electrons. The van der Waals surface area contributed by atoms with Gasteiger partial charge in [-0.25, -0.2) is 4.98 Å². The Labute approximate surface area is 148 Å². The van der Waals surface area contributed by atoms with Crippen LogP contribution in [0.5, 0.6) is 0 Å². The van der Waals surface area contributed by atoms with Crippen molar-refractivity contribution in [3.8, 4) is 0 Å². The highest BCUT2D eigenvalue weighted by Gasteiger charge is 2.29. The van der Waals surface area contributed by atoms with E-state index in [2.05, 4.69) is 20.9 Å². The molecule has 0 bridgehead atoms. The van der Waals surface area contributed by atoms with Crippen LogP contribution in [0.25, 0.3) is 16.6 Å². The Morgan fingerprint density at radius 2 is 2.16 bits per heavy atom. The van der Waals surface area contributed by atoms with E-state index in [1.54, 1.807) is 6.08 Å². The summed E-state index contributed by atoms with van der Waals surface area (Å²) in [5.41, 5.74) is 3.76. The molecule has 4 rings (SSSR count). The lowest BCUT2D eigenvalue weighted by Crippen LogP contribution is -2.35. The van der Waals surface area contributed by atoms with Gasteiger partial charge in [-0.3, -0.25) is 0 Å². The van der Waals surface area contributed by atoms with Gasteiger partial charge in [-0.05, 0) is 43.2 Å². The summed E-state index contributed by atoms with van der Waals surface area (Å²) in [7, 11) is 0. The molecule has 2 aliphatic rings. The normalized spacial score (nSPS) is 21.5. The van der Waals surface area contributed by atoms with Crippen LogP contribution >= 0.6 is 0 Å². The van der Waals surface area contributed by atoms with E-state index in [1.165, 1.54) is 50.2 Å². The molecule has 2 aromatic rings. The molecule has 3 heterocycles. The second kappa shape index (κ2) is 6.82. The fourth-order valence-corrected chi connectivity index (χ4v) is 4.14. The molecule has 130 valence electrons. The molecule has 0 spiro atoms. The predicted molar refractivity (Wildman–Crippen MR) is 104 cm³/mol. The Hall–Kier alpha value is -2.43. The molecule has 1 aliphatic heterocycles. The zero-order valence-corrected chi connectivity index (χ0v) is 14.5. The van der Waals surface area contributed by atoms with Gasteiger partial charge in [0.05, 0.1) is 0 Å². The number of allylic oxidation sites excluding steroid dienone is 2. The standard InChI is InChI=1S/C20H25N5/c21-7-5-16(11-22)17-12-24-20-19(17)18(6-8-23-20)25-9-1-2-15(13-25)10-14-3-4-14/h5-8,11-12,14-15,21-22H,1-4,9-10,13H2,(H,23,24)/b16-5+,21-7?,22-11?/t15-/m1/s1. The number of fused-ring (bicyclic) bond motifs is 1. The molecule has 2 fully saturated rings. The van der Waals surface area contributed by atoms with Gasteiger partial charge >= 0.3 is 0 Å². The first kappa shape index (κ1) is 16.1. The monoisotopic (exact) mass is 335 g/mol. The number of piperidine rings is 1. The van der Waals surface area contributed by atoms with Gasteiger partial charge in [-0.1, -0.05) is 12.8 Å². The molecule has 3 N–H and O–H groups in total. The van der Waals surface area contributed by atoms with Crippen molar-refractivity contribution in [3.05, 3.63) is 30.1 Å². The summed E-state index contributed by atoms with van der Waals surface area (Å²) < 4.78 is 0. The summed E-state index contributed by atoms with van der Waals surface area (Å²) in [4.78, 5) is 10.2. The molecule has 5 heteroatoms. The maximum atomic E-state index is 7.70. The number of rotatable bonds is 6. The summed E-state index contributed by atoms with van der Waals surface area (Å²) in [6.07, 6.45) is 14.8. The first-order chi connectivity index (χ1) is 12.3. The third-order valence-corrected chi connectivity index (χ3v) is 5.50. The Morgan fingerprint density at radius 3 is 2.92 bits per heavy atom. The predicted octanol–water partition coefficient (Wildman–Crippen LogP) is 4.26. The zero-order valence-electron chi connectivity index (χ0n) is 14.5. The van der Waals surface area contributed by atoms with Gasteiger partial charge in [0, 0.05) is 60.1 Å². The van der Waals surface area contributed by atoms with Crippen LogP contribution in [0.1, 0.15) is 37.7 Å². The molecular formula is C20H25N5. The minimum atomic E-state index is 0.738. The number of pyridine rings is 1. The van der Waals surface area contributed by atoms with Gasteiger partial charge in [-0.2, -0.15) is 0 Å². The molecule has 1 aliphatic carbocycles. The van der Waals surface area contributed by atoms with Crippen molar-refractivity contribution in [2.45, 2.75) is 32.1 Å². The highest BCUT2D eigenvalue weighted by molar-refractivity contribution is 6.18. The molecule has 0 amide bonds. The SMILES string of the molecule is N=C/C=C(\C=N)c1c[nH]c2nccc(N3CCC[C@H](CC4CC4)C3)c12. The molecule has 0 unspecified atom stereocenters. The van der Waals surface area contributed by atoms with Gasteiger partial charge in [0.1, 0.15) is 5.65 Å². The molecule has 5 nitrogen and oxygen atoms in total. The van der Waals surface area contributed by atoms with Crippen molar-refractivity contribution < 1.29 is 0 Å². The van der Waals surface area contributed by atoms with Crippen molar-refractivity contribution in [1.29, 1.82) is 10.8 Å². The van der Waals surface area contributed by atoms with Crippen LogP contribution in [-0.4, -0.2) is 35.5 Å². The highest BCUT2D eigenvalue weighted by atomic mass is 15.1.